The van der Waals surface area contributed by atoms with Gasteiger partial charge in [-0.25, -0.2) is 9.97 Å². The second kappa shape index (κ2) is 6.19. The summed E-state index contributed by atoms with van der Waals surface area (Å²) in [6.07, 6.45) is 1.06. The molecule has 0 aliphatic heterocycles. The van der Waals surface area contributed by atoms with Crippen LogP contribution < -0.4 is 10.6 Å². The van der Waals surface area contributed by atoms with Gasteiger partial charge >= 0.3 is 0 Å². The third kappa shape index (κ3) is 4.12. The van der Waals surface area contributed by atoms with Gasteiger partial charge in [-0.1, -0.05) is 6.92 Å². The van der Waals surface area contributed by atoms with Gasteiger partial charge in [-0.3, -0.25) is 0 Å². The summed E-state index contributed by atoms with van der Waals surface area (Å²) in [4.78, 5) is 8.46. The van der Waals surface area contributed by atoms with E-state index in [9.17, 15) is 0 Å². The Bertz CT molecular complexity index is 277. The molecule has 1 aromatic heterocycles. The third-order valence-electron chi connectivity index (χ3n) is 1.81. The van der Waals surface area contributed by atoms with Gasteiger partial charge in [0.2, 0.25) is 0 Å². The lowest BCUT2D eigenvalue weighted by atomic mass is 10.4. The quantitative estimate of drug-likeness (QED) is 0.653. The Kier molecular flexibility index (Phi) is 4.83. The Balaban J connectivity index is 2.66. The number of nitrogens with one attached hydrogen (secondary N) is 2. The maximum absolute atomic E-state index is 8.69. The molecule has 3 N–H and O–H groups in total. The second-order valence-corrected chi connectivity index (χ2v) is 3.26. The number of aryl methyl sites for hydroxylation is 1. The van der Waals surface area contributed by atoms with Gasteiger partial charge in [0.15, 0.2) is 0 Å². The van der Waals surface area contributed by atoms with Gasteiger partial charge in [-0.2, -0.15) is 0 Å². The van der Waals surface area contributed by atoms with E-state index in [1.165, 1.54) is 0 Å². The van der Waals surface area contributed by atoms with E-state index in [4.69, 9.17) is 5.11 Å². The molecule has 1 heterocycles. The van der Waals surface area contributed by atoms with E-state index in [1.807, 2.05) is 13.0 Å². The average Bonchev–Trinajstić information content (AvgIpc) is 2.23. The lowest BCUT2D eigenvalue weighted by Gasteiger charge is -2.08. The van der Waals surface area contributed by atoms with E-state index < -0.39 is 0 Å². The minimum atomic E-state index is 0.0980. The molecule has 0 saturated heterocycles. The highest BCUT2D eigenvalue weighted by atomic mass is 16.3. The predicted octanol–water partition coefficient (Wildman–Crippen LogP) is 1.01. The topological polar surface area (TPSA) is 70.1 Å². The summed E-state index contributed by atoms with van der Waals surface area (Å²) in [6, 6.07) is 1.85. The Labute approximate surface area is 90.0 Å². The summed E-state index contributed by atoms with van der Waals surface area (Å²) >= 11 is 0. The standard InChI is InChI=1S/C10H18N4O/c1-3-4-11-9-7-10(12-5-6-15)14-8(2)13-9/h7,15H,3-6H2,1-2H3,(H2,11,12,13,14). The Morgan fingerprint density at radius 1 is 1.20 bits per heavy atom. The van der Waals surface area contributed by atoms with E-state index in [-0.39, 0.29) is 6.61 Å². The van der Waals surface area contributed by atoms with Crippen molar-refractivity contribution in [3.8, 4) is 0 Å². The van der Waals surface area contributed by atoms with Crippen LogP contribution in [0, 0.1) is 6.92 Å². The Hall–Kier alpha value is -1.36. The molecule has 1 rings (SSSR count). The molecule has 0 unspecified atom stereocenters. The first kappa shape index (κ1) is 11.7. The molecule has 0 radical (unpaired) electrons. The van der Waals surface area contributed by atoms with Gasteiger partial charge in [0.25, 0.3) is 0 Å². The first-order valence-electron chi connectivity index (χ1n) is 5.20. The highest BCUT2D eigenvalue weighted by Crippen LogP contribution is 2.10. The maximum atomic E-state index is 8.69. The Morgan fingerprint density at radius 2 is 1.80 bits per heavy atom. The van der Waals surface area contributed by atoms with Crippen molar-refractivity contribution in [3.05, 3.63) is 11.9 Å². The minimum absolute atomic E-state index is 0.0980. The zero-order valence-corrected chi connectivity index (χ0v) is 9.25. The van der Waals surface area contributed by atoms with Crippen LogP contribution in [0.2, 0.25) is 0 Å². The predicted molar refractivity (Wildman–Crippen MR) is 61.1 cm³/mol. The third-order valence-corrected chi connectivity index (χ3v) is 1.81. The van der Waals surface area contributed by atoms with Crippen LogP contribution in [0.4, 0.5) is 11.6 Å². The van der Waals surface area contributed by atoms with Crippen LogP contribution in [-0.2, 0) is 0 Å². The van der Waals surface area contributed by atoms with Gasteiger partial charge < -0.3 is 15.7 Å². The van der Waals surface area contributed by atoms with Crippen molar-refractivity contribution in [2.45, 2.75) is 20.3 Å². The number of aliphatic hydroxyl groups is 1. The molecule has 0 atom stereocenters. The fraction of sp³-hybridized carbons (Fsp3) is 0.600. The molecular weight excluding hydrogens is 192 g/mol. The van der Waals surface area contributed by atoms with Crippen LogP contribution in [0.1, 0.15) is 19.2 Å². The molecule has 0 aliphatic carbocycles. The van der Waals surface area contributed by atoms with Crippen LogP contribution in [0.25, 0.3) is 0 Å². The molecule has 0 fully saturated rings. The van der Waals surface area contributed by atoms with E-state index in [0.717, 1.165) is 30.4 Å². The smallest absolute Gasteiger partial charge is 0.131 e. The van der Waals surface area contributed by atoms with Gasteiger partial charge in [0.05, 0.1) is 6.61 Å². The highest BCUT2D eigenvalue weighted by molar-refractivity contribution is 5.47. The molecule has 5 nitrogen and oxygen atoms in total. The monoisotopic (exact) mass is 210 g/mol. The van der Waals surface area contributed by atoms with Gasteiger partial charge in [0, 0.05) is 19.2 Å². The minimum Gasteiger partial charge on any atom is -0.395 e. The van der Waals surface area contributed by atoms with Crippen molar-refractivity contribution in [3.63, 3.8) is 0 Å². The molecule has 0 saturated carbocycles. The molecular formula is C10H18N4O. The molecule has 5 heteroatoms. The Morgan fingerprint density at radius 3 is 2.33 bits per heavy atom. The van der Waals surface area contributed by atoms with E-state index in [0.29, 0.717) is 6.54 Å². The van der Waals surface area contributed by atoms with Crippen molar-refractivity contribution in [1.82, 2.24) is 9.97 Å². The van der Waals surface area contributed by atoms with Crippen LogP contribution in [0.3, 0.4) is 0 Å². The summed E-state index contributed by atoms with van der Waals surface area (Å²) < 4.78 is 0. The molecule has 0 aromatic carbocycles. The average molecular weight is 210 g/mol. The SMILES string of the molecule is CCCNc1cc(NCCO)nc(C)n1. The molecule has 0 spiro atoms. The first-order chi connectivity index (χ1) is 7.26. The van der Waals surface area contributed by atoms with E-state index >= 15 is 0 Å². The molecule has 0 amide bonds. The van der Waals surface area contributed by atoms with E-state index in [1.54, 1.807) is 0 Å². The number of hydrogen-bond acceptors (Lipinski definition) is 5. The van der Waals surface area contributed by atoms with E-state index in [2.05, 4.69) is 27.5 Å². The van der Waals surface area contributed by atoms with Gasteiger partial charge in [0.1, 0.15) is 17.5 Å². The van der Waals surface area contributed by atoms with Crippen LogP contribution in [0.15, 0.2) is 6.07 Å². The fourth-order valence-electron chi connectivity index (χ4n) is 1.19. The summed E-state index contributed by atoms with van der Waals surface area (Å²) in [7, 11) is 0. The molecule has 0 bridgehead atoms. The molecule has 1 aromatic rings. The number of nitrogens with zero attached hydrogens (tertiary/aromatic N) is 2. The molecule has 84 valence electrons. The summed E-state index contributed by atoms with van der Waals surface area (Å²) in [5.41, 5.74) is 0. The largest absolute Gasteiger partial charge is 0.395 e. The van der Waals surface area contributed by atoms with Gasteiger partial charge in [-0.15, -0.1) is 0 Å². The number of hydrogen-bond donors (Lipinski definition) is 3. The maximum Gasteiger partial charge on any atom is 0.131 e. The summed E-state index contributed by atoms with van der Waals surface area (Å²) in [6.45, 7) is 5.45. The summed E-state index contributed by atoms with van der Waals surface area (Å²) in [5.74, 6) is 2.29. The lowest BCUT2D eigenvalue weighted by Crippen LogP contribution is -2.10. The van der Waals surface area contributed by atoms with Crippen molar-refractivity contribution in [1.29, 1.82) is 0 Å². The van der Waals surface area contributed by atoms with Crippen LogP contribution in [-0.4, -0.2) is 34.8 Å². The second-order valence-electron chi connectivity index (χ2n) is 3.26. The van der Waals surface area contributed by atoms with Gasteiger partial charge in [-0.05, 0) is 13.3 Å². The number of aromatic nitrogens is 2. The molecule has 0 aliphatic rings. The summed E-state index contributed by atoms with van der Waals surface area (Å²) in [5, 5.41) is 14.9. The zero-order valence-electron chi connectivity index (χ0n) is 9.25. The van der Waals surface area contributed by atoms with Crippen molar-refractivity contribution in [2.24, 2.45) is 0 Å². The van der Waals surface area contributed by atoms with Crippen molar-refractivity contribution < 1.29 is 5.11 Å². The number of aliphatic hydroxyl groups excluding tert-OH is 1. The normalized spacial score (nSPS) is 10.1. The fourth-order valence-corrected chi connectivity index (χ4v) is 1.19. The number of anilines is 2. The highest BCUT2D eigenvalue weighted by Gasteiger charge is 2.00. The first-order valence-corrected chi connectivity index (χ1v) is 5.20. The number of rotatable bonds is 6. The molecule has 15 heavy (non-hydrogen) atoms. The zero-order chi connectivity index (χ0) is 11.1. The van der Waals surface area contributed by atoms with Crippen molar-refractivity contribution >= 4 is 11.6 Å². The van der Waals surface area contributed by atoms with Crippen LogP contribution >= 0.6 is 0 Å². The van der Waals surface area contributed by atoms with Crippen molar-refractivity contribution in [2.75, 3.05) is 30.3 Å². The van der Waals surface area contributed by atoms with Crippen LogP contribution in [0.5, 0.6) is 0 Å². The lowest BCUT2D eigenvalue weighted by molar-refractivity contribution is 0.311.